The maximum Gasteiger partial charge on any atom is 0.206 e. The number of fused-ring (bicyclic) bond motifs is 1. The largest absolute Gasteiger partial charge is 0.445 e. The predicted molar refractivity (Wildman–Crippen MR) is 71.4 cm³/mol. The Labute approximate surface area is 110 Å². The average molecular weight is 257 g/mol. The molecule has 0 spiro atoms. The molecule has 0 fully saturated rings. The second kappa shape index (κ2) is 4.85. The molecule has 98 valence electrons. The van der Waals surface area contributed by atoms with Crippen LogP contribution in [0, 0.1) is 6.92 Å². The third kappa shape index (κ3) is 2.13. The molecule has 3 heterocycles. The van der Waals surface area contributed by atoms with Crippen molar-refractivity contribution in [3.63, 3.8) is 0 Å². The summed E-state index contributed by atoms with van der Waals surface area (Å²) in [6.07, 6.45) is 2.48. The summed E-state index contributed by atoms with van der Waals surface area (Å²) >= 11 is 0. The average Bonchev–Trinajstić information content (AvgIpc) is 2.99. The van der Waals surface area contributed by atoms with Gasteiger partial charge in [-0.2, -0.15) is 0 Å². The molecule has 0 atom stereocenters. The van der Waals surface area contributed by atoms with Gasteiger partial charge in [-0.05, 0) is 25.1 Å². The van der Waals surface area contributed by atoms with Gasteiger partial charge < -0.3 is 9.15 Å². The van der Waals surface area contributed by atoms with Crippen molar-refractivity contribution < 1.29 is 9.15 Å². The van der Waals surface area contributed by atoms with Crippen LogP contribution in [-0.4, -0.2) is 28.3 Å². The molecule has 5 nitrogen and oxygen atoms in total. The molecule has 0 aliphatic heterocycles. The molecule has 0 aliphatic carbocycles. The number of aryl methyl sites for hydroxylation is 1. The minimum absolute atomic E-state index is 0.614. The van der Waals surface area contributed by atoms with Crippen molar-refractivity contribution in [2.75, 3.05) is 13.7 Å². The van der Waals surface area contributed by atoms with Crippen molar-refractivity contribution in [3.05, 3.63) is 42.0 Å². The fraction of sp³-hybridized carbons (Fsp3) is 0.286. The minimum atomic E-state index is 0.614. The van der Waals surface area contributed by atoms with Gasteiger partial charge in [0.2, 0.25) is 5.88 Å². The maximum absolute atomic E-state index is 5.70. The van der Waals surface area contributed by atoms with Gasteiger partial charge in [-0.1, -0.05) is 0 Å². The molecule has 3 aromatic rings. The Bertz CT molecular complexity index is 700. The van der Waals surface area contributed by atoms with Gasteiger partial charge in [0.05, 0.1) is 6.61 Å². The SMILES string of the molecule is COCCc1nc2cccnc2n1-c1ccc(C)o1. The molecule has 0 aliphatic rings. The minimum Gasteiger partial charge on any atom is -0.445 e. The predicted octanol–water partition coefficient (Wildman–Crippen LogP) is 2.51. The smallest absolute Gasteiger partial charge is 0.206 e. The van der Waals surface area contributed by atoms with Crippen molar-refractivity contribution in [2.45, 2.75) is 13.3 Å². The molecule has 0 bridgehead atoms. The number of methoxy groups -OCH3 is 1. The van der Waals surface area contributed by atoms with Crippen LogP contribution in [0.4, 0.5) is 0 Å². The highest BCUT2D eigenvalue weighted by atomic mass is 16.5. The first kappa shape index (κ1) is 11.9. The maximum atomic E-state index is 5.70. The van der Waals surface area contributed by atoms with Crippen molar-refractivity contribution in [3.8, 4) is 5.88 Å². The zero-order chi connectivity index (χ0) is 13.2. The number of ether oxygens (including phenoxy) is 1. The molecule has 0 saturated heterocycles. The normalized spacial score (nSPS) is 11.3. The number of hydrogen-bond donors (Lipinski definition) is 0. The molecular formula is C14H15N3O2. The third-order valence-corrected chi connectivity index (χ3v) is 2.96. The summed E-state index contributed by atoms with van der Waals surface area (Å²) in [5.74, 6) is 2.50. The van der Waals surface area contributed by atoms with Crippen LogP contribution in [0.2, 0.25) is 0 Å². The number of aromatic nitrogens is 3. The van der Waals surface area contributed by atoms with Crippen LogP contribution < -0.4 is 0 Å². The van der Waals surface area contributed by atoms with Crippen LogP contribution in [-0.2, 0) is 11.2 Å². The highest BCUT2D eigenvalue weighted by Crippen LogP contribution is 2.21. The summed E-state index contributed by atoms with van der Waals surface area (Å²) in [5.41, 5.74) is 1.67. The van der Waals surface area contributed by atoms with E-state index in [-0.39, 0.29) is 0 Å². The van der Waals surface area contributed by atoms with Crippen LogP contribution >= 0.6 is 0 Å². The van der Waals surface area contributed by atoms with Gasteiger partial charge in [-0.25, -0.2) is 14.5 Å². The fourth-order valence-corrected chi connectivity index (χ4v) is 2.09. The van der Waals surface area contributed by atoms with Gasteiger partial charge >= 0.3 is 0 Å². The number of pyridine rings is 1. The highest BCUT2D eigenvalue weighted by Gasteiger charge is 2.15. The molecule has 0 saturated carbocycles. The summed E-state index contributed by atoms with van der Waals surface area (Å²) < 4.78 is 12.8. The lowest BCUT2D eigenvalue weighted by Crippen LogP contribution is -2.04. The molecule has 3 rings (SSSR count). The molecule has 0 aromatic carbocycles. The molecular weight excluding hydrogens is 242 g/mol. The van der Waals surface area contributed by atoms with E-state index in [1.165, 1.54) is 0 Å². The summed E-state index contributed by atoms with van der Waals surface area (Å²) in [4.78, 5) is 8.99. The first-order valence-corrected chi connectivity index (χ1v) is 6.17. The standard InChI is InChI=1S/C14H15N3O2/c1-10-5-6-13(19-10)17-12(7-9-18-2)16-11-4-3-8-15-14(11)17/h3-6,8H,7,9H2,1-2H3. The molecule has 0 radical (unpaired) electrons. The van der Waals surface area contributed by atoms with E-state index in [2.05, 4.69) is 9.97 Å². The van der Waals surface area contributed by atoms with Crippen LogP contribution in [0.5, 0.6) is 0 Å². The zero-order valence-corrected chi connectivity index (χ0v) is 11.0. The Kier molecular flexibility index (Phi) is 3.05. The lowest BCUT2D eigenvalue weighted by molar-refractivity contribution is 0.200. The fourth-order valence-electron chi connectivity index (χ4n) is 2.09. The topological polar surface area (TPSA) is 53.1 Å². The molecule has 0 amide bonds. The summed E-state index contributed by atoms with van der Waals surface area (Å²) in [6, 6.07) is 7.70. The van der Waals surface area contributed by atoms with Crippen LogP contribution in [0.15, 0.2) is 34.9 Å². The Hall–Kier alpha value is -2.14. The van der Waals surface area contributed by atoms with Gasteiger partial charge in [0.15, 0.2) is 5.65 Å². The lowest BCUT2D eigenvalue weighted by Gasteiger charge is -2.04. The first-order valence-electron chi connectivity index (χ1n) is 6.17. The molecule has 19 heavy (non-hydrogen) atoms. The van der Waals surface area contributed by atoms with E-state index >= 15 is 0 Å². The van der Waals surface area contributed by atoms with E-state index in [4.69, 9.17) is 9.15 Å². The van der Waals surface area contributed by atoms with E-state index in [1.54, 1.807) is 13.3 Å². The lowest BCUT2D eigenvalue weighted by atomic mass is 10.4. The van der Waals surface area contributed by atoms with Gasteiger partial charge in [0.25, 0.3) is 0 Å². The Morgan fingerprint density at radius 3 is 2.95 bits per heavy atom. The van der Waals surface area contributed by atoms with Crippen LogP contribution in [0.1, 0.15) is 11.6 Å². The van der Waals surface area contributed by atoms with Crippen molar-refractivity contribution >= 4 is 11.2 Å². The monoisotopic (exact) mass is 257 g/mol. The second-order valence-corrected chi connectivity index (χ2v) is 4.34. The van der Waals surface area contributed by atoms with E-state index in [1.807, 2.05) is 35.8 Å². The second-order valence-electron chi connectivity index (χ2n) is 4.34. The Balaban J connectivity index is 2.18. The quantitative estimate of drug-likeness (QED) is 0.720. The Morgan fingerprint density at radius 2 is 2.21 bits per heavy atom. The third-order valence-electron chi connectivity index (χ3n) is 2.96. The van der Waals surface area contributed by atoms with Gasteiger partial charge in [0.1, 0.15) is 17.1 Å². The molecule has 0 unspecified atom stereocenters. The van der Waals surface area contributed by atoms with E-state index in [0.29, 0.717) is 13.0 Å². The summed E-state index contributed by atoms with van der Waals surface area (Å²) in [6.45, 7) is 2.54. The van der Waals surface area contributed by atoms with Crippen LogP contribution in [0.25, 0.3) is 17.0 Å². The molecule has 3 aromatic heterocycles. The van der Waals surface area contributed by atoms with Crippen molar-refractivity contribution in [1.82, 2.24) is 14.5 Å². The highest BCUT2D eigenvalue weighted by molar-refractivity contribution is 5.73. The number of imidazole rings is 1. The first-order chi connectivity index (χ1) is 9.29. The number of nitrogens with zero attached hydrogens (tertiary/aromatic N) is 3. The van der Waals surface area contributed by atoms with E-state index in [0.717, 1.165) is 28.6 Å². The van der Waals surface area contributed by atoms with Gasteiger partial charge in [-0.3, -0.25) is 0 Å². The summed E-state index contributed by atoms with van der Waals surface area (Å²) in [7, 11) is 1.68. The zero-order valence-electron chi connectivity index (χ0n) is 11.0. The van der Waals surface area contributed by atoms with Crippen molar-refractivity contribution in [1.29, 1.82) is 0 Å². The molecule has 5 heteroatoms. The molecule has 0 N–H and O–H groups in total. The number of hydrogen-bond acceptors (Lipinski definition) is 4. The van der Waals surface area contributed by atoms with Gasteiger partial charge in [0, 0.05) is 25.8 Å². The van der Waals surface area contributed by atoms with Gasteiger partial charge in [-0.15, -0.1) is 0 Å². The van der Waals surface area contributed by atoms with E-state index < -0.39 is 0 Å². The van der Waals surface area contributed by atoms with Crippen LogP contribution in [0.3, 0.4) is 0 Å². The Morgan fingerprint density at radius 1 is 1.32 bits per heavy atom. The van der Waals surface area contributed by atoms with Crippen molar-refractivity contribution in [2.24, 2.45) is 0 Å². The summed E-state index contributed by atoms with van der Waals surface area (Å²) in [5, 5.41) is 0. The number of furan rings is 1. The number of rotatable bonds is 4. The van der Waals surface area contributed by atoms with E-state index in [9.17, 15) is 0 Å².